The number of urea groups is 1. The first-order valence-corrected chi connectivity index (χ1v) is 7.89. The van der Waals surface area contributed by atoms with Crippen molar-refractivity contribution in [3.8, 4) is 0 Å². The van der Waals surface area contributed by atoms with Gasteiger partial charge in [-0.2, -0.15) is 0 Å². The number of benzene rings is 1. The Morgan fingerprint density at radius 1 is 1.26 bits per heavy atom. The number of carbonyl (C=O) groups excluding carboxylic acids is 2. The maximum absolute atomic E-state index is 12.4. The summed E-state index contributed by atoms with van der Waals surface area (Å²) in [5.74, 6) is -0.121. The molecule has 3 amide bonds. The van der Waals surface area contributed by atoms with Crippen molar-refractivity contribution in [2.75, 3.05) is 31.1 Å². The Morgan fingerprint density at radius 3 is 2.65 bits per heavy atom. The van der Waals surface area contributed by atoms with Gasteiger partial charge in [0.1, 0.15) is 0 Å². The zero-order valence-corrected chi connectivity index (χ0v) is 14.2. The second-order valence-electron chi connectivity index (χ2n) is 5.55. The first kappa shape index (κ1) is 17.8. The molecule has 0 aromatic heterocycles. The Balaban J connectivity index is 0.00000192. The molecule has 0 spiro atoms. The van der Waals surface area contributed by atoms with E-state index in [1.807, 2.05) is 0 Å². The van der Waals surface area contributed by atoms with Crippen molar-refractivity contribution in [1.82, 2.24) is 16.0 Å². The Bertz CT molecular complexity index is 591. The van der Waals surface area contributed by atoms with E-state index in [0.717, 1.165) is 25.9 Å². The van der Waals surface area contributed by atoms with Crippen LogP contribution in [0.5, 0.6) is 0 Å². The van der Waals surface area contributed by atoms with Crippen LogP contribution in [-0.4, -0.2) is 44.2 Å². The highest BCUT2D eigenvalue weighted by atomic mass is 35.5. The molecule has 8 heteroatoms. The van der Waals surface area contributed by atoms with Gasteiger partial charge in [-0.25, -0.2) is 4.79 Å². The number of carbonyl (C=O) groups is 2. The Kier molecular flexibility index (Phi) is 6.10. The van der Waals surface area contributed by atoms with Crippen LogP contribution in [-0.2, 0) is 0 Å². The van der Waals surface area contributed by atoms with Crippen molar-refractivity contribution in [2.45, 2.75) is 18.9 Å². The first-order chi connectivity index (χ1) is 10.6. The van der Waals surface area contributed by atoms with Gasteiger partial charge in [0, 0.05) is 24.7 Å². The summed E-state index contributed by atoms with van der Waals surface area (Å²) in [4.78, 5) is 25.7. The number of hydrogen-bond acceptors (Lipinski definition) is 3. The number of piperidine rings is 1. The fourth-order valence-corrected chi connectivity index (χ4v) is 3.02. The predicted octanol–water partition coefficient (Wildman–Crippen LogP) is 1.77. The van der Waals surface area contributed by atoms with Gasteiger partial charge in [0.05, 0.1) is 10.7 Å². The summed E-state index contributed by atoms with van der Waals surface area (Å²) in [5, 5.41) is 9.51. The van der Waals surface area contributed by atoms with Crippen LogP contribution in [0, 0.1) is 0 Å². The fraction of sp³-hybridized carbons (Fsp3) is 0.467. The predicted molar refractivity (Wildman–Crippen MR) is 92.8 cm³/mol. The third kappa shape index (κ3) is 4.07. The zero-order valence-electron chi connectivity index (χ0n) is 12.6. The molecule has 0 atom stereocenters. The van der Waals surface area contributed by atoms with Gasteiger partial charge in [0.25, 0.3) is 5.91 Å². The van der Waals surface area contributed by atoms with Gasteiger partial charge in [0.2, 0.25) is 0 Å². The lowest BCUT2D eigenvalue weighted by Crippen LogP contribution is -2.42. The summed E-state index contributed by atoms with van der Waals surface area (Å²) in [7, 11) is 0. The fourth-order valence-electron chi connectivity index (χ4n) is 2.80. The molecular weight excluding hydrogens is 339 g/mol. The monoisotopic (exact) mass is 358 g/mol. The first-order valence-electron chi connectivity index (χ1n) is 7.51. The van der Waals surface area contributed by atoms with E-state index in [9.17, 15) is 9.59 Å². The molecule has 0 radical (unpaired) electrons. The van der Waals surface area contributed by atoms with Crippen LogP contribution in [0.3, 0.4) is 0 Å². The minimum atomic E-state index is -0.183. The number of nitrogens with zero attached hydrogens (tertiary/aromatic N) is 1. The molecule has 0 aliphatic carbocycles. The van der Waals surface area contributed by atoms with Gasteiger partial charge in [-0.05, 0) is 44.1 Å². The highest BCUT2D eigenvalue weighted by Crippen LogP contribution is 2.28. The molecule has 2 aliphatic rings. The van der Waals surface area contributed by atoms with Gasteiger partial charge in [0.15, 0.2) is 0 Å². The molecule has 126 valence electrons. The van der Waals surface area contributed by atoms with E-state index in [1.165, 1.54) is 0 Å². The van der Waals surface area contributed by atoms with Crippen molar-refractivity contribution < 1.29 is 9.59 Å². The molecular formula is C15H20Cl2N4O2. The number of halogens is 2. The van der Waals surface area contributed by atoms with Gasteiger partial charge in [-0.3, -0.25) is 9.69 Å². The molecule has 2 fully saturated rings. The van der Waals surface area contributed by atoms with Crippen molar-refractivity contribution >= 4 is 41.6 Å². The molecule has 3 rings (SSSR count). The number of amides is 3. The summed E-state index contributed by atoms with van der Waals surface area (Å²) in [6.07, 6.45) is 1.86. The lowest BCUT2D eigenvalue weighted by molar-refractivity contribution is 0.0929. The Labute approximate surface area is 146 Å². The summed E-state index contributed by atoms with van der Waals surface area (Å²) in [5.41, 5.74) is 1.10. The number of nitrogens with one attached hydrogen (secondary N) is 3. The topological polar surface area (TPSA) is 73.5 Å². The molecule has 0 unspecified atom stereocenters. The van der Waals surface area contributed by atoms with E-state index in [0.29, 0.717) is 29.4 Å². The van der Waals surface area contributed by atoms with Gasteiger partial charge >= 0.3 is 6.03 Å². The Hall–Kier alpha value is -1.50. The zero-order chi connectivity index (χ0) is 15.5. The highest BCUT2D eigenvalue weighted by molar-refractivity contribution is 6.34. The quantitative estimate of drug-likeness (QED) is 0.770. The van der Waals surface area contributed by atoms with Crippen LogP contribution < -0.4 is 20.9 Å². The normalized spacial score (nSPS) is 18.3. The molecule has 2 aliphatic heterocycles. The van der Waals surface area contributed by atoms with Crippen molar-refractivity contribution in [1.29, 1.82) is 0 Å². The van der Waals surface area contributed by atoms with E-state index >= 15 is 0 Å². The molecule has 1 aromatic rings. The maximum Gasteiger partial charge on any atom is 0.322 e. The standard InChI is InChI=1S/C15H19ClN4O2.ClH/c16-12-2-1-10(9-13(12)20-8-7-18-15(20)22)14(21)19-11-3-5-17-6-4-11;/h1-2,9,11,17H,3-8H2,(H,18,22)(H,19,21);1H. The summed E-state index contributed by atoms with van der Waals surface area (Å²) in [6, 6.07) is 5.06. The molecule has 2 heterocycles. The third-order valence-electron chi connectivity index (χ3n) is 4.03. The lowest BCUT2D eigenvalue weighted by atomic mass is 10.1. The van der Waals surface area contributed by atoms with Crippen molar-refractivity contribution in [3.05, 3.63) is 28.8 Å². The smallest absolute Gasteiger partial charge is 0.322 e. The highest BCUT2D eigenvalue weighted by Gasteiger charge is 2.24. The largest absolute Gasteiger partial charge is 0.349 e. The minimum absolute atomic E-state index is 0. The molecule has 6 nitrogen and oxygen atoms in total. The van der Waals surface area contributed by atoms with Crippen LogP contribution in [0.1, 0.15) is 23.2 Å². The van der Waals surface area contributed by atoms with Gasteiger partial charge in [-0.1, -0.05) is 11.6 Å². The molecule has 0 saturated carbocycles. The second-order valence-corrected chi connectivity index (χ2v) is 5.95. The minimum Gasteiger partial charge on any atom is -0.349 e. The lowest BCUT2D eigenvalue weighted by Gasteiger charge is -2.24. The van der Waals surface area contributed by atoms with Gasteiger partial charge < -0.3 is 16.0 Å². The van der Waals surface area contributed by atoms with E-state index in [2.05, 4.69) is 16.0 Å². The molecule has 23 heavy (non-hydrogen) atoms. The summed E-state index contributed by atoms with van der Waals surface area (Å²) in [6.45, 7) is 2.98. The average molecular weight is 359 g/mol. The third-order valence-corrected chi connectivity index (χ3v) is 4.35. The van der Waals surface area contributed by atoms with Crippen LogP contribution in [0.2, 0.25) is 5.02 Å². The SMILES string of the molecule is Cl.O=C(NC1CCNCC1)c1ccc(Cl)c(N2CCNC2=O)c1. The Morgan fingerprint density at radius 2 is 2.00 bits per heavy atom. The average Bonchev–Trinajstić information content (AvgIpc) is 2.94. The van der Waals surface area contributed by atoms with E-state index in [4.69, 9.17) is 11.6 Å². The molecule has 3 N–H and O–H groups in total. The van der Waals surface area contributed by atoms with Gasteiger partial charge in [-0.15, -0.1) is 12.4 Å². The maximum atomic E-state index is 12.4. The number of rotatable bonds is 3. The van der Waals surface area contributed by atoms with E-state index in [-0.39, 0.29) is 30.4 Å². The van der Waals surface area contributed by atoms with Crippen LogP contribution in [0.15, 0.2) is 18.2 Å². The number of hydrogen-bond donors (Lipinski definition) is 3. The van der Waals surface area contributed by atoms with Crippen molar-refractivity contribution in [2.24, 2.45) is 0 Å². The van der Waals surface area contributed by atoms with E-state index in [1.54, 1.807) is 23.1 Å². The number of anilines is 1. The molecule has 1 aromatic carbocycles. The van der Waals surface area contributed by atoms with Crippen LogP contribution >= 0.6 is 24.0 Å². The molecule has 0 bridgehead atoms. The van der Waals surface area contributed by atoms with Crippen LogP contribution in [0.4, 0.5) is 10.5 Å². The summed E-state index contributed by atoms with van der Waals surface area (Å²) >= 11 is 6.18. The van der Waals surface area contributed by atoms with Crippen molar-refractivity contribution in [3.63, 3.8) is 0 Å². The molecule has 2 saturated heterocycles. The summed E-state index contributed by atoms with van der Waals surface area (Å²) < 4.78 is 0. The van der Waals surface area contributed by atoms with Crippen LogP contribution in [0.25, 0.3) is 0 Å². The second kappa shape index (κ2) is 7.86. The van der Waals surface area contributed by atoms with E-state index < -0.39 is 0 Å².